The molecular weight excluding hydrogens is 460 g/mol. The van der Waals surface area contributed by atoms with Gasteiger partial charge in [0.1, 0.15) is 5.75 Å². The molecule has 0 radical (unpaired) electrons. The Kier molecular flexibility index (Phi) is 7.62. The van der Waals surface area contributed by atoms with Gasteiger partial charge in [-0.2, -0.15) is 0 Å². The third kappa shape index (κ3) is 5.72. The number of benzene rings is 3. The van der Waals surface area contributed by atoms with Gasteiger partial charge in [-0.05, 0) is 41.8 Å². The van der Waals surface area contributed by atoms with Crippen molar-refractivity contribution in [1.29, 1.82) is 0 Å². The molecule has 8 heteroatoms. The Labute approximate surface area is 202 Å². The van der Waals surface area contributed by atoms with Gasteiger partial charge in [0.25, 0.3) is 5.91 Å². The number of carbonyl (C=O) groups is 2. The van der Waals surface area contributed by atoms with Gasteiger partial charge in [-0.3, -0.25) is 9.59 Å². The van der Waals surface area contributed by atoms with Gasteiger partial charge >= 0.3 is 5.97 Å². The lowest BCUT2D eigenvalue weighted by Crippen LogP contribution is -2.49. The Morgan fingerprint density at radius 1 is 0.970 bits per heavy atom. The molecule has 0 atom stereocenters. The Morgan fingerprint density at radius 3 is 2.36 bits per heavy atom. The smallest absolute Gasteiger partial charge is 0.316 e. The van der Waals surface area contributed by atoms with Crippen LogP contribution in [0.25, 0.3) is 10.8 Å². The van der Waals surface area contributed by atoms with Gasteiger partial charge in [0, 0.05) is 47.2 Å². The summed E-state index contributed by atoms with van der Waals surface area (Å²) in [4.78, 5) is 29.6. The molecule has 1 fully saturated rings. The summed E-state index contributed by atoms with van der Waals surface area (Å²) in [6.07, 6.45) is 0. The second-order valence-corrected chi connectivity index (χ2v) is 9.03. The van der Waals surface area contributed by atoms with Crippen LogP contribution < -0.4 is 9.64 Å². The van der Waals surface area contributed by atoms with Crippen LogP contribution in [0.5, 0.6) is 5.75 Å². The maximum Gasteiger partial charge on any atom is 0.316 e. The van der Waals surface area contributed by atoms with Gasteiger partial charge in [0.05, 0.1) is 12.9 Å². The first-order valence-corrected chi connectivity index (χ1v) is 12.0. The van der Waals surface area contributed by atoms with E-state index in [1.54, 1.807) is 12.0 Å². The van der Waals surface area contributed by atoms with Gasteiger partial charge in [0.15, 0.2) is 6.61 Å². The van der Waals surface area contributed by atoms with Crippen molar-refractivity contribution in [3.63, 3.8) is 0 Å². The fraction of sp³-hybridized carbons (Fsp3) is 0.280. The number of amides is 1. The number of fused-ring (bicyclic) bond motifs is 1. The summed E-state index contributed by atoms with van der Waals surface area (Å²) in [6, 6.07) is 19.4. The van der Waals surface area contributed by atoms with Crippen molar-refractivity contribution >= 4 is 51.7 Å². The molecule has 1 aliphatic heterocycles. The highest BCUT2D eigenvalue weighted by Crippen LogP contribution is 2.33. The molecule has 0 spiro atoms. The maximum atomic E-state index is 12.5. The highest BCUT2D eigenvalue weighted by atomic mass is 35.5. The van der Waals surface area contributed by atoms with Crippen LogP contribution in [0.4, 0.5) is 5.69 Å². The minimum absolute atomic E-state index is 0.114. The van der Waals surface area contributed by atoms with Gasteiger partial charge < -0.3 is 19.3 Å². The number of carbonyl (C=O) groups excluding carboxylic acids is 2. The lowest BCUT2D eigenvalue weighted by Gasteiger charge is -2.36. The monoisotopic (exact) mass is 484 g/mol. The van der Waals surface area contributed by atoms with E-state index in [9.17, 15) is 9.59 Å². The number of methoxy groups -OCH3 is 1. The molecule has 0 bridgehead atoms. The minimum Gasteiger partial charge on any atom is -0.497 e. The predicted molar refractivity (Wildman–Crippen MR) is 132 cm³/mol. The van der Waals surface area contributed by atoms with Gasteiger partial charge in [-0.1, -0.05) is 35.9 Å². The molecule has 1 aliphatic rings. The van der Waals surface area contributed by atoms with E-state index >= 15 is 0 Å². The molecule has 33 heavy (non-hydrogen) atoms. The molecule has 0 N–H and O–H groups in total. The van der Waals surface area contributed by atoms with E-state index in [4.69, 9.17) is 21.1 Å². The Hall–Kier alpha value is -2.90. The molecule has 6 nitrogen and oxygen atoms in total. The quantitative estimate of drug-likeness (QED) is 0.364. The number of anilines is 1. The minimum atomic E-state index is -0.422. The van der Waals surface area contributed by atoms with Crippen LogP contribution in [0, 0.1) is 0 Å². The highest BCUT2D eigenvalue weighted by Gasteiger charge is 2.22. The van der Waals surface area contributed by atoms with Crippen molar-refractivity contribution in [3.8, 4) is 5.75 Å². The molecule has 0 aliphatic carbocycles. The molecule has 4 rings (SSSR count). The first-order chi connectivity index (χ1) is 16.0. The number of thioether (sulfide) groups is 1. The molecule has 0 unspecified atom stereocenters. The number of hydrogen-bond acceptors (Lipinski definition) is 6. The van der Waals surface area contributed by atoms with Crippen LogP contribution >= 0.6 is 23.4 Å². The van der Waals surface area contributed by atoms with Gasteiger partial charge in [-0.25, -0.2) is 0 Å². The van der Waals surface area contributed by atoms with Crippen LogP contribution in [0.3, 0.4) is 0 Å². The van der Waals surface area contributed by atoms with E-state index in [-0.39, 0.29) is 18.3 Å². The van der Waals surface area contributed by atoms with Crippen LogP contribution in [0.1, 0.15) is 0 Å². The Morgan fingerprint density at radius 2 is 1.67 bits per heavy atom. The highest BCUT2D eigenvalue weighted by molar-refractivity contribution is 8.00. The number of rotatable bonds is 7. The first kappa shape index (κ1) is 23.3. The Balaban J connectivity index is 1.23. The molecule has 3 aromatic carbocycles. The number of halogens is 1. The van der Waals surface area contributed by atoms with Crippen LogP contribution in [0.2, 0.25) is 5.02 Å². The van der Waals surface area contributed by atoms with Gasteiger partial charge in [-0.15, -0.1) is 11.8 Å². The average Bonchev–Trinajstić information content (AvgIpc) is 2.86. The van der Waals surface area contributed by atoms with E-state index in [0.29, 0.717) is 18.1 Å². The van der Waals surface area contributed by atoms with Crippen LogP contribution in [-0.4, -0.2) is 62.4 Å². The summed E-state index contributed by atoms with van der Waals surface area (Å²) < 4.78 is 10.4. The maximum absolute atomic E-state index is 12.5. The zero-order valence-electron chi connectivity index (χ0n) is 18.3. The first-order valence-electron chi connectivity index (χ1n) is 10.7. The number of piperazine rings is 1. The van der Waals surface area contributed by atoms with Crippen molar-refractivity contribution in [2.45, 2.75) is 4.90 Å². The van der Waals surface area contributed by atoms with E-state index in [2.05, 4.69) is 4.90 Å². The number of nitrogens with zero attached hydrogens (tertiary/aromatic N) is 2. The number of hydrogen-bond donors (Lipinski definition) is 0. The summed E-state index contributed by atoms with van der Waals surface area (Å²) in [6.45, 7) is 2.39. The van der Waals surface area contributed by atoms with E-state index in [1.807, 2.05) is 60.7 Å². The Bertz CT molecular complexity index is 1130. The molecular formula is C25H25ClN2O4S. The average molecular weight is 485 g/mol. The summed E-state index contributed by atoms with van der Waals surface area (Å²) in [5.41, 5.74) is 1.10. The van der Waals surface area contributed by atoms with Crippen molar-refractivity contribution in [3.05, 3.63) is 65.7 Å². The topological polar surface area (TPSA) is 59.1 Å². The molecule has 1 heterocycles. The molecule has 1 saturated heterocycles. The third-order valence-electron chi connectivity index (χ3n) is 5.59. The molecule has 3 aromatic rings. The van der Waals surface area contributed by atoms with Crippen molar-refractivity contribution in [2.24, 2.45) is 0 Å². The zero-order chi connectivity index (χ0) is 23.2. The van der Waals surface area contributed by atoms with Crippen LogP contribution in [-0.2, 0) is 14.3 Å². The normalized spacial score (nSPS) is 13.8. The SMILES string of the molecule is COc1ccc(N2CCN(C(=O)COC(=O)CSc3cccc4cccc(Cl)c34)CC2)cc1. The van der Waals surface area contributed by atoms with E-state index < -0.39 is 5.97 Å². The second kappa shape index (κ2) is 10.8. The number of esters is 1. The zero-order valence-corrected chi connectivity index (χ0v) is 19.9. The summed E-state index contributed by atoms with van der Waals surface area (Å²) in [5, 5.41) is 2.59. The molecule has 0 aromatic heterocycles. The predicted octanol–water partition coefficient (Wildman–Crippen LogP) is 4.49. The standard InChI is InChI=1S/C25H25ClN2O4S/c1-31-20-10-8-19(9-11-20)27-12-14-28(15-13-27)23(29)16-32-24(30)17-33-22-7-3-5-18-4-2-6-21(26)25(18)22/h2-11H,12-17H2,1H3. The van der Waals surface area contributed by atoms with Gasteiger partial charge in [0.2, 0.25) is 0 Å². The van der Waals surface area contributed by atoms with E-state index in [0.717, 1.165) is 40.2 Å². The van der Waals surface area contributed by atoms with Crippen LogP contribution in [0.15, 0.2) is 65.6 Å². The lowest BCUT2D eigenvalue weighted by atomic mass is 10.1. The van der Waals surface area contributed by atoms with E-state index in [1.165, 1.54) is 11.8 Å². The number of ether oxygens (including phenoxy) is 2. The second-order valence-electron chi connectivity index (χ2n) is 7.61. The lowest BCUT2D eigenvalue weighted by molar-refractivity contribution is -0.150. The largest absolute Gasteiger partial charge is 0.497 e. The summed E-state index contributed by atoms with van der Waals surface area (Å²) in [5.74, 6) is 0.337. The molecule has 1 amide bonds. The van der Waals surface area contributed by atoms with Crippen molar-refractivity contribution < 1.29 is 19.1 Å². The summed E-state index contributed by atoms with van der Waals surface area (Å²) in [7, 11) is 1.64. The van der Waals surface area contributed by atoms with Crippen molar-refractivity contribution in [2.75, 3.05) is 50.5 Å². The summed E-state index contributed by atoms with van der Waals surface area (Å²) >= 11 is 7.70. The molecule has 0 saturated carbocycles. The van der Waals surface area contributed by atoms with Crippen molar-refractivity contribution in [1.82, 2.24) is 4.90 Å². The fourth-order valence-electron chi connectivity index (χ4n) is 3.80. The third-order valence-corrected chi connectivity index (χ3v) is 6.93. The molecule has 172 valence electrons. The fourth-order valence-corrected chi connectivity index (χ4v) is 5.04.